The first-order valence-corrected chi connectivity index (χ1v) is 6.46. The lowest BCUT2D eigenvalue weighted by Gasteiger charge is -2.20. The molecule has 0 aromatic heterocycles. The van der Waals surface area contributed by atoms with Gasteiger partial charge in [0.05, 0.1) is 12.1 Å². The summed E-state index contributed by atoms with van der Waals surface area (Å²) in [4.78, 5) is 12.0. The molecule has 0 aromatic carbocycles. The van der Waals surface area contributed by atoms with E-state index in [0.29, 0.717) is 19.0 Å². The van der Waals surface area contributed by atoms with Crippen LogP contribution in [0, 0.1) is 11.8 Å². The molecule has 1 amide bonds. The van der Waals surface area contributed by atoms with Crippen LogP contribution in [-0.4, -0.2) is 35.7 Å². The van der Waals surface area contributed by atoms with Crippen molar-refractivity contribution in [2.75, 3.05) is 6.54 Å². The third-order valence-electron chi connectivity index (χ3n) is 3.99. The van der Waals surface area contributed by atoms with E-state index in [0.717, 1.165) is 11.8 Å². The summed E-state index contributed by atoms with van der Waals surface area (Å²) < 4.78 is 0. The molecule has 1 heterocycles. The number of hydrogen-bond donors (Lipinski definition) is 3. The number of aliphatic hydroxyl groups excluding tert-OH is 1. The third kappa shape index (κ3) is 3.12. The molecule has 0 radical (unpaired) electrons. The molecule has 2 saturated carbocycles. The number of carbonyl (C=O) groups is 1. The molecule has 3 N–H and O–H groups in total. The minimum absolute atomic E-state index is 0. The predicted octanol–water partition coefficient (Wildman–Crippen LogP) is 0.436. The molecule has 17 heavy (non-hydrogen) atoms. The zero-order chi connectivity index (χ0) is 11.1. The largest absolute Gasteiger partial charge is 0.392 e. The van der Waals surface area contributed by atoms with E-state index in [9.17, 15) is 9.90 Å². The number of rotatable bonds is 4. The summed E-state index contributed by atoms with van der Waals surface area (Å²) in [6.07, 6.45) is 5.33. The molecule has 98 valence electrons. The van der Waals surface area contributed by atoms with E-state index < -0.39 is 0 Å². The highest BCUT2D eigenvalue weighted by Crippen LogP contribution is 2.44. The monoisotopic (exact) mass is 260 g/mol. The molecule has 2 atom stereocenters. The van der Waals surface area contributed by atoms with E-state index in [4.69, 9.17) is 0 Å². The van der Waals surface area contributed by atoms with Gasteiger partial charge in [0.25, 0.3) is 0 Å². The Balaban J connectivity index is 0.00000108. The van der Waals surface area contributed by atoms with Gasteiger partial charge in [0.15, 0.2) is 0 Å². The topological polar surface area (TPSA) is 61.4 Å². The highest BCUT2D eigenvalue weighted by Gasteiger charge is 2.43. The number of nitrogens with one attached hydrogen (secondary N) is 2. The van der Waals surface area contributed by atoms with E-state index >= 15 is 0 Å². The average Bonchev–Trinajstić information content (AvgIpc) is 3.14. The summed E-state index contributed by atoms with van der Waals surface area (Å²) in [6, 6.07) is 0.252. The summed E-state index contributed by atoms with van der Waals surface area (Å²) >= 11 is 0. The van der Waals surface area contributed by atoms with Crippen LogP contribution < -0.4 is 10.6 Å². The minimum Gasteiger partial charge on any atom is -0.392 e. The number of hydrogen-bond acceptors (Lipinski definition) is 3. The third-order valence-corrected chi connectivity index (χ3v) is 3.99. The van der Waals surface area contributed by atoms with Gasteiger partial charge in [0, 0.05) is 12.6 Å². The maximum atomic E-state index is 12.0. The van der Waals surface area contributed by atoms with Crippen molar-refractivity contribution in [1.82, 2.24) is 10.6 Å². The Morgan fingerprint density at radius 1 is 1.24 bits per heavy atom. The number of aliphatic hydroxyl groups is 1. The molecule has 5 heteroatoms. The Hall–Kier alpha value is -0.320. The van der Waals surface area contributed by atoms with Crippen LogP contribution in [0.3, 0.4) is 0 Å². The Kier molecular flexibility index (Phi) is 3.95. The van der Waals surface area contributed by atoms with E-state index in [2.05, 4.69) is 10.6 Å². The molecule has 3 aliphatic rings. The molecule has 3 fully saturated rings. The molecule has 1 aliphatic heterocycles. The Morgan fingerprint density at radius 3 is 2.24 bits per heavy atom. The van der Waals surface area contributed by atoms with Crippen molar-refractivity contribution in [1.29, 1.82) is 0 Å². The van der Waals surface area contributed by atoms with Gasteiger partial charge in [-0.15, -0.1) is 12.4 Å². The summed E-state index contributed by atoms with van der Waals surface area (Å²) in [5, 5.41) is 15.6. The fraction of sp³-hybridized carbons (Fsp3) is 0.917. The van der Waals surface area contributed by atoms with Crippen molar-refractivity contribution >= 4 is 18.3 Å². The van der Waals surface area contributed by atoms with E-state index in [1.807, 2.05) is 0 Å². The predicted molar refractivity (Wildman–Crippen MR) is 67.0 cm³/mol. The van der Waals surface area contributed by atoms with E-state index in [1.54, 1.807) is 0 Å². The van der Waals surface area contributed by atoms with Crippen molar-refractivity contribution in [2.45, 2.75) is 50.3 Å². The lowest BCUT2D eigenvalue weighted by atomic mass is 10.1. The average molecular weight is 261 g/mol. The van der Waals surface area contributed by atoms with Gasteiger partial charge in [-0.3, -0.25) is 4.79 Å². The normalized spacial score (nSPS) is 32.4. The van der Waals surface area contributed by atoms with Crippen LogP contribution in [0.4, 0.5) is 0 Å². The number of carbonyl (C=O) groups excluding carboxylic acids is 1. The van der Waals surface area contributed by atoms with Crippen molar-refractivity contribution < 1.29 is 9.90 Å². The van der Waals surface area contributed by atoms with Gasteiger partial charge in [0.2, 0.25) is 5.91 Å². The second-order valence-electron chi connectivity index (χ2n) is 5.56. The van der Waals surface area contributed by atoms with Crippen LogP contribution in [0.15, 0.2) is 0 Å². The lowest BCUT2D eigenvalue weighted by Crippen LogP contribution is -2.46. The quantitative estimate of drug-likeness (QED) is 0.687. The maximum Gasteiger partial charge on any atom is 0.237 e. The van der Waals surface area contributed by atoms with Gasteiger partial charge in [-0.1, -0.05) is 0 Å². The van der Waals surface area contributed by atoms with Crippen LogP contribution in [0.5, 0.6) is 0 Å². The first-order chi connectivity index (χ1) is 7.74. The van der Waals surface area contributed by atoms with Gasteiger partial charge in [-0.2, -0.15) is 0 Å². The van der Waals surface area contributed by atoms with E-state index in [1.165, 1.54) is 25.7 Å². The standard InChI is InChI=1S/C12H20N2O2.ClH/c15-9-5-10(13-6-9)12(16)14-11(7-1-2-7)8-3-4-8;/h7-11,13,15H,1-6H2,(H,14,16);1H. The van der Waals surface area contributed by atoms with Gasteiger partial charge >= 0.3 is 0 Å². The Morgan fingerprint density at radius 2 is 1.82 bits per heavy atom. The molecule has 1 saturated heterocycles. The second-order valence-corrected chi connectivity index (χ2v) is 5.56. The highest BCUT2D eigenvalue weighted by atomic mass is 35.5. The van der Waals surface area contributed by atoms with Crippen molar-refractivity contribution in [3.8, 4) is 0 Å². The number of β-amino-alcohol motifs (C(OH)–C–C–N with tert-alkyl or cyclic N) is 1. The van der Waals surface area contributed by atoms with Gasteiger partial charge in [-0.05, 0) is 43.9 Å². The Bertz CT molecular complexity index is 280. The van der Waals surface area contributed by atoms with Crippen LogP contribution in [-0.2, 0) is 4.79 Å². The zero-order valence-corrected chi connectivity index (χ0v) is 10.7. The first-order valence-electron chi connectivity index (χ1n) is 6.46. The molecule has 3 rings (SSSR count). The lowest BCUT2D eigenvalue weighted by molar-refractivity contribution is -0.124. The fourth-order valence-electron chi connectivity index (χ4n) is 2.71. The smallest absolute Gasteiger partial charge is 0.237 e. The van der Waals surface area contributed by atoms with Crippen LogP contribution in [0.2, 0.25) is 0 Å². The van der Waals surface area contributed by atoms with Crippen LogP contribution >= 0.6 is 12.4 Å². The molecule has 0 bridgehead atoms. The summed E-state index contributed by atoms with van der Waals surface area (Å²) in [5.41, 5.74) is 0. The van der Waals surface area contributed by atoms with Gasteiger partial charge in [0.1, 0.15) is 0 Å². The molecular formula is C12H21ClN2O2. The summed E-state index contributed by atoms with van der Waals surface area (Å²) in [7, 11) is 0. The molecule has 2 aliphatic carbocycles. The molecule has 0 spiro atoms. The molecule has 4 nitrogen and oxygen atoms in total. The zero-order valence-electron chi connectivity index (χ0n) is 9.89. The number of halogens is 1. The molecular weight excluding hydrogens is 240 g/mol. The molecule has 2 unspecified atom stereocenters. The highest BCUT2D eigenvalue weighted by molar-refractivity contribution is 5.85. The minimum atomic E-state index is -0.351. The van der Waals surface area contributed by atoms with Crippen LogP contribution in [0.25, 0.3) is 0 Å². The van der Waals surface area contributed by atoms with Crippen molar-refractivity contribution in [3.63, 3.8) is 0 Å². The van der Waals surface area contributed by atoms with Crippen molar-refractivity contribution in [3.05, 3.63) is 0 Å². The molecule has 0 aromatic rings. The maximum absolute atomic E-state index is 12.0. The van der Waals surface area contributed by atoms with Crippen LogP contribution in [0.1, 0.15) is 32.1 Å². The second kappa shape index (κ2) is 5.12. The SMILES string of the molecule is Cl.O=C(NC(C1CC1)C1CC1)C1CC(O)CN1. The summed E-state index contributed by atoms with van der Waals surface area (Å²) in [6.45, 7) is 0.551. The van der Waals surface area contributed by atoms with Gasteiger partial charge in [-0.25, -0.2) is 0 Å². The van der Waals surface area contributed by atoms with E-state index in [-0.39, 0.29) is 30.5 Å². The fourth-order valence-corrected chi connectivity index (χ4v) is 2.71. The van der Waals surface area contributed by atoms with Crippen molar-refractivity contribution in [2.24, 2.45) is 11.8 Å². The first kappa shape index (κ1) is 13.1. The Labute approximate surface area is 108 Å². The summed E-state index contributed by atoms with van der Waals surface area (Å²) in [5.74, 6) is 1.57. The van der Waals surface area contributed by atoms with Gasteiger partial charge < -0.3 is 15.7 Å². The number of amides is 1.